The van der Waals surface area contributed by atoms with Crippen LogP contribution in [0.3, 0.4) is 0 Å². The minimum atomic E-state index is -0.637. The number of hydrogen-bond acceptors (Lipinski definition) is 3. The number of unbranched alkanes of at least 4 members (excludes halogenated alkanes) is 22. The fourth-order valence-corrected chi connectivity index (χ4v) is 6.26. The normalized spacial score (nSPS) is 13.4. The molecule has 2 unspecified atom stereocenters. The van der Waals surface area contributed by atoms with E-state index in [0.717, 1.165) is 25.7 Å². The van der Waals surface area contributed by atoms with Gasteiger partial charge in [0.05, 0.1) is 6.04 Å². The Bertz CT molecular complexity index is 695. The molecule has 0 spiro atoms. The first kappa shape index (κ1) is 42.8. The highest BCUT2D eigenvalue weighted by Crippen LogP contribution is 2.22. The van der Waals surface area contributed by atoms with Crippen LogP contribution >= 0.6 is 0 Å². The van der Waals surface area contributed by atoms with Gasteiger partial charge in [0, 0.05) is 18.8 Å². The molecule has 0 fully saturated rings. The van der Waals surface area contributed by atoms with Gasteiger partial charge in [0.1, 0.15) is 11.6 Å². The molecule has 3 heteroatoms. The topological polar surface area (TPSA) is 60.2 Å². The average Bonchev–Trinajstić information content (AvgIpc) is 3.00. The minimum Gasteiger partial charge on any atom is -0.321 e. The predicted molar refractivity (Wildman–Crippen MR) is 195 cm³/mol. The summed E-state index contributed by atoms with van der Waals surface area (Å²) in [6.07, 6.45) is 43.0. The van der Waals surface area contributed by atoms with Crippen LogP contribution in [-0.4, -0.2) is 17.6 Å². The molecule has 0 saturated carbocycles. The number of allylic oxidation sites excluding steroid dienone is 4. The lowest BCUT2D eigenvalue weighted by Crippen LogP contribution is -2.44. The Labute approximate surface area is 276 Å². The summed E-state index contributed by atoms with van der Waals surface area (Å²) in [5, 5.41) is 0. The molecule has 0 radical (unpaired) electrons. The third-order valence-electron chi connectivity index (χ3n) is 9.22. The lowest BCUT2D eigenvalue weighted by atomic mass is 9.80. The van der Waals surface area contributed by atoms with Gasteiger partial charge in [-0.25, -0.2) is 0 Å². The standard InChI is InChI=1S/C41H77NO2/c1-5-7-9-11-13-15-17-19-21-23-25-27-29-31-33-35-38(43)40(37(3)4)41(42)39(44)36-34-32-30-28-26-24-22-20-18-16-14-12-10-8-6-2/h19-22,37,40-41H,5-18,23-36,42H2,1-4H3/b21-19-,22-20-. The highest BCUT2D eigenvalue weighted by atomic mass is 16.1. The molecular weight excluding hydrogens is 538 g/mol. The van der Waals surface area contributed by atoms with E-state index in [1.165, 1.54) is 141 Å². The van der Waals surface area contributed by atoms with Crippen molar-refractivity contribution >= 4 is 11.6 Å². The van der Waals surface area contributed by atoms with Crippen LogP contribution in [0, 0.1) is 11.8 Å². The third kappa shape index (κ3) is 27.1. The fourth-order valence-electron chi connectivity index (χ4n) is 6.26. The van der Waals surface area contributed by atoms with Crippen LogP contribution in [0.1, 0.15) is 207 Å². The van der Waals surface area contributed by atoms with Crippen molar-refractivity contribution in [2.75, 3.05) is 0 Å². The van der Waals surface area contributed by atoms with Gasteiger partial charge in [-0.15, -0.1) is 0 Å². The second-order valence-electron chi connectivity index (χ2n) is 13.9. The summed E-state index contributed by atoms with van der Waals surface area (Å²) in [6.45, 7) is 8.62. The van der Waals surface area contributed by atoms with Crippen molar-refractivity contribution in [1.82, 2.24) is 0 Å². The Morgan fingerprint density at radius 2 is 0.750 bits per heavy atom. The first-order valence-corrected chi connectivity index (χ1v) is 19.6. The van der Waals surface area contributed by atoms with Crippen LogP contribution in [0.15, 0.2) is 24.3 Å². The maximum Gasteiger partial charge on any atom is 0.150 e. The van der Waals surface area contributed by atoms with Crippen molar-refractivity contribution in [3.05, 3.63) is 24.3 Å². The van der Waals surface area contributed by atoms with Crippen LogP contribution in [0.25, 0.3) is 0 Å². The molecule has 0 aliphatic rings. The van der Waals surface area contributed by atoms with E-state index in [4.69, 9.17) is 5.73 Å². The Hall–Kier alpha value is -1.22. The van der Waals surface area contributed by atoms with E-state index in [2.05, 4.69) is 38.2 Å². The first-order valence-electron chi connectivity index (χ1n) is 19.6. The molecule has 0 aliphatic heterocycles. The quantitative estimate of drug-likeness (QED) is 0.0578. The predicted octanol–water partition coefficient (Wildman–Crippen LogP) is 12.8. The van der Waals surface area contributed by atoms with E-state index in [0.29, 0.717) is 12.8 Å². The van der Waals surface area contributed by atoms with Crippen LogP contribution in [-0.2, 0) is 9.59 Å². The largest absolute Gasteiger partial charge is 0.321 e. The van der Waals surface area contributed by atoms with E-state index in [-0.39, 0.29) is 23.4 Å². The molecular formula is C41H77NO2. The van der Waals surface area contributed by atoms with E-state index in [1.54, 1.807) is 0 Å². The van der Waals surface area contributed by atoms with Crippen molar-refractivity contribution in [3.63, 3.8) is 0 Å². The SMILES string of the molecule is CCCCCCCC/C=C\CCCCCCCC(=O)C(N)C(C(=O)CCCCCCC/C=C\CCCCCCCC)C(C)C. The summed E-state index contributed by atoms with van der Waals surface area (Å²) in [5.41, 5.74) is 6.40. The smallest absolute Gasteiger partial charge is 0.150 e. The molecule has 3 nitrogen and oxygen atoms in total. The van der Waals surface area contributed by atoms with Gasteiger partial charge in [-0.05, 0) is 70.1 Å². The van der Waals surface area contributed by atoms with Crippen molar-refractivity contribution in [2.45, 2.75) is 214 Å². The zero-order chi connectivity index (χ0) is 32.5. The number of nitrogens with two attached hydrogens (primary N) is 1. The van der Waals surface area contributed by atoms with Gasteiger partial charge in [-0.2, -0.15) is 0 Å². The molecule has 0 amide bonds. The molecule has 2 N–H and O–H groups in total. The number of ketones is 2. The summed E-state index contributed by atoms with van der Waals surface area (Å²) in [5.74, 6) is 0.0587. The van der Waals surface area contributed by atoms with Gasteiger partial charge in [0.15, 0.2) is 0 Å². The van der Waals surface area contributed by atoms with Crippen LogP contribution in [0.4, 0.5) is 0 Å². The maximum absolute atomic E-state index is 13.0. The van der Waals surface area contributed by atoms with Gasteiger partial charge in [0.25, 0.3) is 0 Å². The molecule has 2 atom stereocenters. The minimum absolute atomic E-state index is 0.0826. The lowest BCUT2D eigenvalue weighted by Gasteiger charge is -2.25. The molecule has 0 aromatic heterocycles. The molecule has 44 heavy (non-hydrogen) atoms. The van der Waals surface area contributed by atoms with Crippen molar-refractivity contribution < 1.29 is 9.59 Å². The summed E-state index contributed by atoms with van der Waals surface area (Å²) >= 11 is 0. The Morgan fingerprint density at radius 3 is 1.09 bits per heavy atom. The van der Waals surface area contributed by atoms with Gasteiger partial charge in [-0.3, -0.25) is 9.59 Å². The molecule has 0 saturated heterocycles. The van der Waals surface area contributed by atoms with E-state index < -0.39 is 6.04 Å². The number of hydrogen-bond donors (Lipinski definition) is 1. The van der Waals surface area contributed by atoms with Crippen molar-refractivity contribution in [2.24, 2.45) is 17.6 Å². The zero-order valence-electron chi connectivity index (χ0n) is 30.2. The van der Waals surface area contributed by atoms with Gasteiger partial charge >= 0.3 is 0 Å². The summed E-state index contributed by atoms with van der Waals surface area (Å²) in [6, 6.07) is -0.637. The zero-order valence-corrected chi connectivity index (χ0v) is 30.2. The van der Waals surface area contributed by atoms with Crippen LogP contribution < -0.4 is 5.73 Å². The Kier molecular flexibility index (Phi) is 32.2. The number of Topliss-reactive ketones (excluding diaryl/α,β-unsaturated/α-hetero) is 2. The average molecular weight is 616 g/mol. The molecule has 0 aromatic carbocycles. The number of carbonyl (C=O) groups is 2. The second kappa shape index (κ2) is 33.2. The van der Waals surface area contributed by atoms with Gasteiger partial charge in [-0.1, -0.05) is 155 Å². The highest BCUT2D eigenvalue weighted by Gasteiger charge is 2.32. The Morgan fingerprint density at radius 1 is 0.455 bits per heavy atom. The second-order valence-corrected chi connectivity index (χ2v) is 13.9. The fraction of sp³-hybridized carbons (Fsp3) is 0.854. The third-order valence-corrected chi connectivity index (χ3v) is 9.22. The van der Waals surface area contributed by atoms with E-state index >= 15 is 0 Å². The van der Waals surface area contributed by atoms with E-state index in [9.17, 15) is 9.59 Å². The summed E-state index contributed by atoms with van der Waals surface area (Å²) < 4.78 is 0. The van der Waals surface area contributed by atoms with E-state index in [1.807, 2.05) is 13.8 Å². The van der Waals surface area contributed by atoms with Crippen molar-refractivity contribution in [1.29, 1.82) is 0 Å². The Balaban J connectivity index is 3.88. The van der Waals surface area contributed by atoms with Gasteiger partial charge in [0.2, 0.25) is 0 Å². The van der Waals surface area contributed by atoms with Crippen LogP contribution in [0.2, 0.25) is 0 Å². The number of rotatable bonds is 34. The number of carbonyl (C=O) groups excluding carboxylic acids is 2. The first-order chi connectivity index (χ1) is 21.5. The summed E-state index contributed by atoms with van der Waals surface area (Å²) in [7, 11) is 0. The maximum atomic E-state index is 13.0. The molecule has 0 heterocycles. The van der Waals surface area contributed by atoms with Crippen LogP contribution in [0.5, 0.6) is 0 Å². The molecule has 0 aliphatic carbocycles. The molecule has 258 valence electrons. The monoisotopic (exact) mass is 616 g/mol. The van der Waals surface area contributed by atoms with Crippen molar-refractivity contribution in [3.8, 4) is 0 Å². The molecule has 0 rings (SSSR count). The molecule has 0 bridgehead atoms. The van der Waals surface area contributed by atoms with Gasteiger partial charge < -0.3 is 5.73 Å². The summed E-state index contributed by atoms with van der Waals surface area (Å²) in [4.78, 5) is 25.9. The lowest BCUT2D eigenvalue weighted by molar-refractivity contribution is -0.131. The molecule has 0 aromatic rings. The highest BCUT2D eigenvalue weighted by molar-refractivity contribution is 5.92.